The van der Waals surface area contributed by atoms with Crippen molar-refractivity contribution in [3.05, 3.63) is 33.8 Å². The first-order valence-corrected chi connectivity index (χ1v) is 5.89. The summed E-state index contributed by atoms with van der Waals surface area (Å²) in [5.41, 5.74) is -0.0591. The Kier molecular flexibility index (Phi) is 5.09. The maximum absolute atomic E-state index is 13.6. The molecule has 1 unspecified atom stereocenters. The SMILES string of the molecule is CCCC(=O)C(F)C(=O)c1cccc(Cl)c1Cl. The number of halogens is 3. The molecule has 0 aliphatic carbocycles. The van der Waals surface area contributed by atoms with E-state index in [1.807, 2.05) is 0 Å². The Balaban J connectivity index is 2.97. The van der Waals surface area contributed by atoms with E-state index in [1.54, 1.807) is 6.92 Å². The lowest BCUT2D eigenvalue weighted by molar-refractivity contribution is -0.122. The van der Waals surface area contributed by atoms with E-state index in [2.05, 4.69) is 0 Å². The molecule has 0 aliphatic rings. The van der Waals surface area contributed by atoms with Crippen molar-refractivity contribution >= 4 is 34.8 Å². The normalized spacial score (nSPS) is 12.2. The van der Waals surface area contributed by atoms with Crippen LogP contribution in [0.25, 0.3) is 0 Å². The minimum Gasteiger partial charge on any atom is -0.296 e. The molecule has 1 aromatic carbocycles. The summed E-state index contributed by atoms with van der Waals surface area (Å²) in [6, 6.07) is 4.32. The first kappa shape index (κ1) is 14.1. The fraction of sp³-hybridized carbons (Fsp3) is 0.333. The third kappa shape index (κ3) is 3.27. The van der Waals surface area contributed by atoms with Crippen LogP contribution in [0.2, 0.25) is 10.0 Å². The number of hydrogen-bond acceptors (Lipinski definition) is 2. The lowest BCUT2D eigenvalue weighted by Crippen LogP contribution is -2.25. The standard InChI is InChI=1S/C12H11Cl2FO2/c1-2-4-9(16)11(15)12(17)7-5-3-6-8(13)10(7)14/h3,5-6,11H,2,4H2,1H3. The van der Waals surface area contributed by atoms with Gasteiger partial charge in [0.15, 0.2) is 5.78 Å². The molecular weight excluding hydrogens is 266 g/mol. The van der Waals surface area contributed by atoms with Gasteiger partial charge in [0.25, 0.3) is 0 Å². The third-order valence-corrected chi connectivity index (χ3v) is 3.05. The number of rotatable bonds is 5. The summed E-state index contributed by atoms with van der Waals surface area (Å²) in [4.78, 5) is 23.0. The molecule has 0 N–H and O–H groups in total. The molecule has 2 nitrogen and oxygen atoms in total. The highest BCUT2D eigenvalue weighted by Gasteiger charge is 2.28. The van der Waals surface area contributed by atoms with Crippen LogP contribution in [0.15, 0.2) is 18.2 Å². The summed E-state index contributed by atoms with van der Waals surface area (Å²) in [6.45, 7) is 1.74. The Morgan fingerprint density at radius 1 is 1.35 bits per heavy atom. The van der Waals surface area contributed by atoms with Gasteiger partial charge in [0, 0.05) is 12.0 Å². The molecule has 0 aliphatic heterocycles. The molecule has 0 fully saturated rings. The van der Waals surface area contributed by atoms with Crippen LogP contribution >= 0.6 is 23.2 Å². The quantitative estimate of drug-likeness (QED) is 0.604. The van der Waals surface area contributed by atoms with Gasteiger partial charge in [-0.15, -0.1) is 0 Å². The summed E-state index contributed by atoms with van der Waals surface area (Å²) in [5.74, 6) is -1.66. The van der Waals surface area contributed by atoms with Crippen LogP contribution in [-0.2, 0) is 4.79 Å². The number of ketones is 2. The fourth-order valence-electron chi connectivity index (χ4n) is 1.35. The zero-order valence-corrected chi connectivity index (χ0v) is 10.7. The Hall–Kier alpha value is -0.930. The highest BCUT2D eigenvalue weighted by Crippen LogP contribution is 2.27. The minimum atomic E-state index is -2.16. The highest BCUT2D eigenvalue weighted by molar-refractivity contribution is 6.44. The van der Waals surface area contributed by atoms with Crippen LogP contribution in [0.4, 0.5) is 4.39 Å². The molecule has 1 rings (SSSR count). The molecule has 0 saturated carbocycles. The molecule has 5 heteroatoms. The van der Waals surface area contributed by atoms with E-state index >= 15 is 0 Å². The number of Topliss-reactive ketones (excluding diaryl/α,β-unsaturated/α-hetero) is 2. The van der Waals surface area contributed by atoms with Crippen molar-refractivity contribution < 1.29 is 14.0 Å². The van der Waals surface area contributed by atoms with E-state index in [9.17, 15) is 14.0 Å². The maximum Gasteiger partial charge on any atom is 0.220 e. The molecule has 0 bridgehead atoms. The molecule has 92 valence electrons. The van der Waals surface area contributed by atoms with E-state index in [4.69, 9.17) is 23.2 Å². The van der Waals surface area contributed by atoms with Crippen molar-refractivity contribution in [2.45, 2.75) is 25.9 Å². The van der Waals surface area contributed by atoms with Gasteiger partial charge in [-0.2, -0.15) is 0 Å². The van der Waals surface area contributed by atoms with Gasteiger partial charge in [-0.05, 0) is 18.6 Å². The predicted molar refractivity (Wildman–Crippen MR) is 65.6 cm³/mol. The van der Waals surface area contributed by atoms with Crippen LogP contribution in [-0.4, -0.2) is 17.7 Å². The summed E-state index contributed by atoms with van der Waals surface area (Å²) >= 11 is 11.5. The summed E-state index contributed by atoms with van der Waals surface area (Å²) in [5, 5.41) is 0.138. The second kappa shape index (κ2) is 6.12. The second-order valence-corrected chi connectivity index (χ2v) is 4.33. The Morgan fingerprint density at radius 2 is 2.00 bits per heavy atom. The zero-order valence-electron chi connectivity index (χ0n) is 9.17. The molecule has 0 heterocycles. The molecule has 0 aromatic heterocycles. The molecule has 1 aromatic rings. The van der Waals surface area contributed by atoms with Crippen LogP contribution < -0.4 is 0 Å². The molecular formula is C12H11Cl2FO2. The summed E-state index contributed by atoms with van der Waals surface area (Å²) < 4.78 is 13.6. The molecule has 1 atom stereocenters. The van der Waals surface area contributed by atoms with Crippen molar-refractivity contribution in [3.8, 4) is 0 Å². The largest absolute Gasteiger partial charge is 0.296 e. The third-order valence-electron chi connectivity index (χ3n) is 2.23. The second-order valence-electron chi connectivity index (χ2n) is 3.54. The van der Waals surface area contributed by atoms with Crippen molar-refractivity contribution in [1.29, 1.82) is 0 Å². The topological polar surface area (TPSA) is 34.1 Å². The van der Waals surface area contributed by atoms with Gasteiger partial charge in [-0.1, -0.05) is 36.2 Å². The van der Waals surface area contributed by atoms with Crippen LogP contribution in [0.1, 0.15) is 30.1 Å². The van der Waals surface area contributed by atoms with Crippen LogP contribution in [0, 0.1) is 0 Å². The Labute approximate surface area is 109 Å². The van der Waals surface area contributed by atoms with Crippen molar-refractivity contribution in [2.75, 3.05) is 0 Å². The first-order chi connectivity index (χ1) is 7.99. The average molecular weight is 277 g/mol. The highest BCUT2D eigenvalue weighted by atomic mass is 35.5. The van der Waals surface area contributed by atoms with Crippen molar-refractivity contribution in [1.82, 2.24) is 0 Å². The molecule has 0 spiro atoms. The van der Waals surface area contributed by atoms with Gasteiger partial charge in [0.1, 0.15) is 0 Å². The summed E-state index contributed by atoms with van der Waals surface area (Å²) in [7, 11) is 0. The molecule has 0 saturated heterocycles. The van der Waals surface area contributed by atoms with E-state index in [0.717, 1.165) is 0 Å². The minimum absolute atomic E-state index is 0.0221. The van der Waals surface area contributed by atoms with Gasteiger partial charge in [-0.25, -0.2) is 4.39 Å². The smallest absolute Gasteiger partial charge is 0.220 e. The zero-order chi connectivity index (χ0) is 13.0. The van der Waals surface area contributed by atoms with Gasteiger partial charge in [-0.3, -0.25) is 9.59 Å². The van der Waals surface area contributed by atoms with E-state index in [1.165, 1.54) is 18.2 Å². The lowest BCUT2D eigenvalue weighted by atomic mass is 10.0. The predicted octanol–water partition coefficient (Wildman–Crippen LogP) is 3.88. The van der Waals surface area contributed by atoms with Gasteiger partial charge in [0.05, 0.1) is 10.0 Å². The van der Waals surface area contributed by atoms with E-state index in [0.29, 0.717) is 6.42 Å². The fourth-order valence-corrected chi connectivity index (χ4v) is 1.74. The molecule has 0 radical (unpaired) electrons. The maximum atomic E-state index is 13.6. The van der Waals surface area contributed by atoms with Gasteiger partial charge < -0.3 is 0 Å². The van der Waals surface area contributed by atoms with Crippen molar-refractivity contribution in [3.63, 3.8) is 0 Å². The lowest BCUT2D eigenvalue weighted by Gasteiger charge is -2.08. The molecule has 17 heavy (non-hydrogen) atoms. The first-order valence-electron chi connectivity index (χ1n) is 5.14. The monoisotopic (exact) mass is 276 g/mol. The molecule has 0 amide bonds. The number of alkyl halides is 1. The summed E-state index contributed by atoms with van der Waals surface area (Å²) in [6.07, 6.45) is -1.63. The van der Waals surface area contributed by atoms with Crippen molar-refractivity contribution in [2.24, 2.45) is 0 Å². The van der Waals surface area contributed by atoms with Crippen LogP contribution in [0.3, 0.4) is 0 Å². The van der Waals surface area contributed by atoms with Gasteiger partial charge in [0.2, 0.25) is 12.0 Å². The number of carbonyl (C=O) groups is 2. The Bertz CT molecular complexity index is 446. The van der Waals surface area contributed by atoms with Gasteiger partial charge >= 0.3 is 0 Å². The number of carbonyl (C=O) groups excluding carboxylic acids is 2. The van der Waals surface area contributed by atoms with Crippen LogP contribution in [0.5, 0.6) is 0 Å². The Morgan fingerprint density at radius 3 is 2.59 bits per heavy atom. The number of hydrogen-bond donors (Lipinski definition) is 0. The average Bonchev–Trinajstić information content (AvgIpc) is 2.31. The van der Waals surface area contributed by atoms with E-state index in [-0.39, 0.29) is 22.0 Å². The number of benzene rings is 1. The van der Waals surface area contributed by atoms with E-state index < -0.39 is 17.7 Å².